The summed E-state index contributed by atoms with van der Waals surface area (Å²) in [6.45, 7) is 7.59. The second-order valence-corrected chi connectivity index (χ2v) is 6.48. The number of hydrogen-bond acceptors (Lipinski definition) is 4. The summed E-state index contributed by atoms with van der Waals surface area (Å²) in [4.78, 5) is 23.9. The minimum absolute atomic E-state index is 0.233. The summed E-state index contributed by atoms with van der Waals surface area (Å²) in [6.07, 6.45) is 0. The lowest BCUT2D eigenvalue weighted by Crippen LogP contribution is -2.52. The number of amides is 3. The van der Waals surface area contributed by atoms with E-state index in [2.05, 4.69) is 16.0 Å². The van der Waals surface area contributed by atoms with Crippen molar-refractivity contribution in [2.45, 2.75) is 45.8 Å². The van der Waals surface area contributed by atoms with Gasteiger partial charge in [0.2, 0.25) is 5.91 Å². The molecule has 1 aromatic carbocycles. The Labute approximate surface area is 143 Å². The Kier molecular flexibility index (Phi) is 6.88. The summed E-state index contributed by atoms with van der Waals surface area (Å²) in [5.74, 6) is 0.983. The fourth-order valence-corrected chi connectivity index (χ4v) is 1.96. The Morgan fingerprint density at radius 3 is 2.29 bits per heavy atom. The molecule has 0 aliphatic heterocycles. The molecule has 24 heavy (non-hydrogen) atoms. The van der Waals surface area contributed by atoms with E-state index in [1.807, 2.05) is 26.8 Å². The molecule has 0 spiro atoms. The average molecular weight is 337 g/mol. The van der Waals surface area contributed by atoms with Crippen LogP contribution in [-0.4, -0.2) is 37.7 Å². The van der Waals surface area contributed by atoms with Gasteiger partial charge in [0.25, 0.3) is 0 Å². The molecule has 0 heterocycles. The van der Waals surface area contributed by atoms with Crippen LogP contribution >= 0.6 is 0 Å². The summed E-state index contributed by atoms with van der Waals surface area (Å²) in [5, 5.41) is 8.13. The van der Waals surface area contributed by atoms with Gasteiger partial charge in [-0.05, 0) is 45.4 Å². The third kappa shape index (κ3) is 6.36. The second-order valence-electron chi connectivity index (χ2n) is 6.48. The number of ether oxygens (including phenoxy) is 2. The number of nitrogens with one attached hydrogen (secondary N) is 3. The van der Waals surface area contributed by atoms with Crippen molar-refractivity contribution >= 4 is 11.9 Å². The van der Waals surface area contributed by atoms with Crippen LogP contribution in [0.25, 0.3) is 0 Å². The zero-order valence-corrected chi connectivity index (χ0v) is 15.1. The van der Waals surface area contributed by atoms with Gasteiger partial charge < -0.3 is 25.4 Å². The van der Waals surface area contributed by atoms with E-state index in [1.165, 1.54) is 0 Å². The lowest BCUT2D eigenvalue weighted by atomic mass is 10.1. The molecule has 0 fully saturated rings. The first-order valence-corrected chi connectivity index (χ1v) is 7.73. The lowest BCUT2D eigenvalue weighted by molar-refractivity contribution is -0.123. The predicted octanol–water partition coefficient (Wildman–Crippen LogP) is 1.81. The van der Waals surface area contributed by atoms with Crippen molar-refractivity contribution < 1.29 is 19.1 Å². The van der Waals surface area contributed by atoms with Crippen molar-refractivity contribution in [3.63, 3.8) is 0 Å². The summed E-state index contributed by atoms with van der Waals surface area (Å²) in [6, 6.07) is 4.34. The Morgan fingerprint density at radius 2 is 1.75 bits per heavy atom. The molecule has 0 saturated heterocycles. The van der Waals surface area contributed by atoms with Crippen LogP contribution in [0.5, 0.6) is 11.5 Å². The van der Waals surface area contributed by atoms with E-state index in [1.54, 1.807) is 33.3 Å². The van der Waals surface area contributed by atoms with Crippen LogP contribution in [0.4, 0.5) is 4.79 Å². The Bertz CT molecular complexity index is 582. The highest BCUT2D eigenvalue weighted by Gasteiger charge is 2.20. The summed E-state index contributed by atoms with van der Waals surface area (Å²) in [7, 11) is 3.12. The number of methoxy groups -OCH3 is 2. The van der Waals surface area contributed by atoms with Crippen LogP contribution in [0.3, 0.4) is 0 Å². The molecule has 1 aromatic rings. The normalized spacial score (nSPS) is 12.1. The highest BCUT2D eigenvalue weighted by molar-refractivity contribution is 5.87. The molecular weight excluding hydrogens is 310 g/mol. The van der Waals surface area contributed by atoms with Gasteiger partial charge in [0.15, 0.2) is 11.5 Å². The van der Waals surface area contributed by atoms with Crippen LogP contribution in [-0.2, 0) is 11.3 Å². The monoisotopic (exact) mass is 337 g/mol. The number of rotatable bonds is 6. The van der Waals surface area contributed by atoms with Gasteiger partial charge >= 0.3 is 6.03 Å². The molecule has 0 aliphatic rings. The maximum Gasteiger partial charge on any atom is 0.315 e. The van der Waals surface area contributed by atoms with Crippen molar-refractivity contribution in [2.75, 3.05) is 14.2 Å². The third-order valence-corrected chi connectivity index (χ3v) is 3.14. The molecule has 1 rings (SSSR count). The van der Waals surface area contributed by atoms with E-state index in [0.717, 1.165) is 5.56 Å². The third-order valence-electron chi connectivity index (χ3n) is 3.14. The largest absolute Gasteiger partial charge is 0.493 e. The van der Waals surface area contributed by atoms with E-state index >= 15 is 0 Å². The van der Waals surface area contributed by atoms with Crippen molar-refractivity contribution in [2.24, 2.45) is 0 Å². The second kappa shape index (κ2) is 8.42. The maximum absolute atomic E-state index is 11.9. The number of hydrogen-bond donors (Lipinski definition) is 3. The van der Waals surface area contributed by atoms with E-state index < -0.39 is 12.1 Å². The molecule has 3 amide bonds. The summed E-state index contributed by atoms with van der Waals surface area (Å²) in [5.41, 5.74) is 0.512. The van der Waals surface area contributed by atoms with Crippen molar-refractivity contribution in [3.8, 4) is 11.5 Å². The Balaban J connectivity index is 2.53. The van der Waals surface area contributed by atoms with Crippen molar-refractivity contribution in [3.05, 3.63) is 23.8 Å². The van der Waals surface area contributed by atoms with Crippen LogP contribution in [0.1, 0.15) is 33.3 Å². The number of benzene rings is 1. The molecule has 3 N–H and O–H groups in total. The van der Waals surface area contributed by atoms with E-state index in [0.29, 0.717) is 18.0 Å². The Morgan fingerprint density at radius 1 is 1.12 bits per heavy atom. The van der Waals surface area contributed by atoms with E-state index in [-0.39, 0.29) is 11.4 Å². The van der Waals surface area contributed by atoms with Crippen LogP contribution in [0.2, 0.25) is 0 Å². The fraction of sp³-hybridized carbons (Fsp3) is 0.529. The molecule has 0 aliphatic carbocycles. The summed E-state index contributed by atoms with van der Waals surface area (Å²) >= 11 is 0. The van der Waals surface area contributed by atoms with E-state index in [9.17, 15) is 9.59 Å². The molecular formula is C17H27N3O4. The number of carbonyl (C=O) groups excluding carboxylic acids is 2. The molecule has 0 radical (unpaired) electrons. The molecule has 0 bridgehead atoms. The molecule has 1 unspecified atom stereocenters. The predicted molar refractivity (Wildman–Crippen MR) is 92.3 cm³/mol. The van der Waals surface area contributed by atoms with Gasteiger partial charge in [-0.3, -0.25) is 4.79 Å². The standard InChI is InChI=1S/C17H27N3O4/c1-11(15(21)20-17(2,3)4)19-16(22)18-10-12-7-8-13(23-5)14(9-12)24-6/h7-9,11H,10H2,1-6H3,(H,20,21)(H2,18,19,22). The highest BCUT2D eigenvalue weighted by Crippen LogP contribution is 2.27. The van der Waals surface area contributed by atoms with Gasteiger partial charge in [-0.2, -0.15) is 0 Å². The molecule has 134 valence electrons. The maximum atomic E-state index is 11.9. The zero-order valence-electron chi connectivity index (χ0n) is 15.1. The first kappa shape index (κ1) is 19.6. The number of carbonyl (C=O) groups is 2. The smallest absolute Gasteiger partial charge is 0.315 e. The fourth-order valence-electron chi connectivity index (χ4n) is 1.96. The van der Waals surface area contributed by atoms with Gasteiger partial charge in [0.05, 0.1) is 14.2 Å². The van der Waals surface area contributed by atoms with Gasteiger partial charge in [-0.15, -0.1) is 0 Å². The van der Waals surface area contributed by atoms with Crippen LogP contribution < -0.4 is 25.4 Å². The SMILES string of the molecule is COc1ccc(CNC(=O)NC(C)C(=O)NC(C)(C)C)cc1OC. The minimum Gasteiger partial charge on any atom is -0.493 e. The minimum atomic E-state index is -0.630. The molecule has 0 saturated carbocycles. The van der Waals surface area contributed by atoms with E-state index in [4.69, 9.17) is 9.47 Å². The molecule has 0 aromatic heterocycles. The van der Waals surface area contributed by atoms with Crippen molar-refractivity contribution in [1.82, 2.24) is 16.0 Å². The molecule has 7 nitrogen and oxygen atoms in total. The number of urea groups is 1. The van der Waals surface area contributed by atoms with Gasteiger partial charge in [-0.1, -0.05) is 6.07 Å². The Hall–Kier alpha value is -2.44. The zero-order chi connectivity index (χ0) is 18.3. The first-order chi connectivity index (χ1) is 11.2. The van der Waals surface area contributed by atoms with Crippen molar-refractivity contribution in [1.29, 1.82) is 0 Å². The van der Waals surface area contributed by atoms with Crippen LogP contribution in [0, 0.1) is 0 Å². The van der Waals surface area contributed by atoms with Gasteiger partial charge in [-0.25, -0.2) is 4.79 Å². The van der Waals surface area contributed by atoms with Gasteiger partial charge in [0.1, 0.15) is 6.04 Å². The molecule has 1 atom stereocenters. The lowest BCUT2D eigenvalue weighted by Gasteiger charge is -2.23. The summed E-state index contributed by atoms with van der Waals surface area (Å²) < 4.78 is 10.4. The van der Waals surface area contributed by atoms with Gasteiger partial charge in [0, 0.05) is 12.1 Å². The quantitative estimate of drug-likeness (QED) is 0.738. The molecule has 7 heteroatoms. The first-order valence-electron chi connectivity index (χ1n) is 7.73. The van der Waals surface area contributed by atoms with Crippen LogP contribution in [0.15, 0.2) is 18.2 Å². The highest BCUT2D eigenvalue weighted by atomic mass is 16.5. The topological polar surface area (TPSA) is 88.7 Å². The average Bonchev–Trinajstić information content (AvgIpc) is 2.50.